The van der Waals surface area contributed by atoms with Crippen LogP contribution in [0.3, 0.4) is 0 Å². The molecule has 0 aliphatic carbocycles. The zero-order valence-corrected chi connectivity index (χ0v) is 18.7. The van der Waals surface area contributed by atoms with Crippen LogP contribution in [0.5, 0.6) is 5.75 Å². The minimum Gasteiger partial charge on any atom is -0.484 e. The van der Waals surface area contributed by atoms with Crippen molar-refractivity contribution in [3.05, 3.63) is 65.7 Å². The Balaban J connectivity index is 1.58. The van der Waals surface area contributed by atoms with E-state index in [0.717, 1.165) is 5.56 Å². The maximum atomic E-state index is 13.3. The van der Waals surface area contributed by atoms with Gasteiger partial charge in [-0.15, -0.1) is 0 Å². The summed E-state index contributed by atoms with van der Waals surface area (Å²) in [6, 6.07) is 16.5. The molecule has 4 rings (SSSR count). The highest BCUT2D eigenvalue weighted by Gasteiger charge is 2.54. The molecule has 2 aromatic rings. The maximum absolute atomic E-state index is 13.3. The number of para-hydroxylation sites is 1. The number of fused-ring (bicyclic) bond motifs is 1. The standard InChI is InChI=1S/C25H29N3O4/c1-24(2,3)26-23(31)20-14-28(21(29)15-32-18-10-5-4-6-11-18)16-25(20)13-17-9-7-8-12-19(17)22(30)27-25/h4-12,20H,13-16H2,1-3H3,(H,26,31)(H,27,30)/t20-,25+/m0/s1. The third kappa shape index (κ3) is 4.47. The summed E-state index contributed by atoms with van der Waals surface area (Å²) in [5.74, 6) is -0.560. The lowest BCUT2D eigenvalue weighted by Gasteiger charge is -2.39. The number of amides is 3. The molecule has 1 spiro atoms. The molecular weight excluding hydrogens is 406 g/mol. The van der Waals surface area contributed by atoms with Crippen LogP contribution in [0.15, 0.2) is 54.6 Å². The van der Waals surface area contributed by atoms with Crippen LogP contribution in [-0.2, 0) is 16.0 Å². The van der Waals surface area contributed by atoms with Gasteiger partial charge in [-0.3, -0.25) is 14.4 Å². The van der Waals surface area contributed by atoms with Gasteiger partial charge in [0.2, 0.25) is 5.91 Å². The van der Waals surface area contributed by atoms with Crippen LogP contribution in [0.4, 0.5) is 0 Å². The highest BCUT2D eigenvalue weighted by atomic mass is 16.5. The minimum absolute atomic E-state index is 0.127. The van der Waals surface area contributed by atoms with Crippen LogP contribution < -0.4 is 15.4 Å². The summed E-state index contributed by atoms with van der Waals surface area (Å²) in [6.07, 6.45) is 0.487. The van der Waals surface area contributed by atoms with Crippen molar-refractivity contribution in [2.45, 2.75) is 38.3 Å². The highest BCUT2D eigenvalue weighted by molar-refractivity contribution is 5.98. The zero-order valence-electron chi connectivity index (χ0n) is 18.7. The van der Waals surface area contributed by atoms with Crippen molar-refractivity contribution < 1.29 is 19.1 Å². The monoisotopic (exact) mass is 435 g/mol. The van der Waals surface area contributed by atoms with Crippen LogP contribution in [0, 0.1) is 5.92 Å². The molecule has 32 heavy (non-hydrogen) atoms. The van der Waals surface area contributed by atoms with E-state index in [1.54, 1.807) is 23.1 Å². The minimum atomic E-state index is -0.858. The van der Waals surface area contributed by atoms with Gasteiger partial charge in [0, 0.05) is 24.2 Å². The lowest BCUT2D eigenvalue weighted by Crippen LogP contribution is -2.62. The predicted octanol–water partition coefficient (Wildman–Crippen LogP) is 2.16. The molecule has 2 aromatic carbocycles. The number of ether oxygens (including phenoxy) is 1. The van der Waals surface area contributed by atoms with E-state index >= 15 is 0 Å². The molecule has 2 heterocycles. The van der Waals surface area contributed by atoms with Crippen LogP contribution in [0.1, 0.15) is 36.7 Å². The molecule has 0 unspecified atom stereocenters. The van der Waals surface area contributed by atoms with Crippen molar-refractivity contribution >= 4 is 17.7 Å². The number of carbonyl (C=O) groups excluding carboxylic acids is 3. The first-order valence-corrected chi connectivity index (χ1v) is 10.8. The Bertz CT molecular complexity index is 1030. The van der Waals surface area contributed by atoms with E-state index in [4.69, 9.17) is 4.74 Å². The summed E-state index contributed by atoms with van der Waals surface area (Å²) < 4.78 is 5.63. The van der Waals surface area contributed by atoms with Gasteiger partial charge in [-0.05, 0) is 51.0 Å². The molecule has 0 bridgehead atoms. The third-order valence-corrected chi connectivity index (χ3v) is 5.95. The van der Waals surface area contributed by atoms with Crippen LogP contribution in [-0.4, -0.2) is 53.4 Å². The molecule has 7 heteroatoms. The van der Waals surface area contributed by atoms with Crippen molar-refractivity contribution in [3.63, 3.8) is 0 Å². The van der Waals surface area contributed by atoms with Crippen molar-refractivity contribution in [1.82, 2.24) is 15.5 Å². The van der Waals surface area contributed by atoms with Gasteiger partial charge in [-0.2, -0.15) is 0 Å². The second-order valence-electron chi connectivity index (χ2n) is 9.61. The molecule has 1 saturated heterocycles. The Morgan fingerprint density at radius 2 is 1.81 bits per heavy atom. The molecule has 0 radical (unpaired) electrons. The smallest absolute Gasteiger partial charge is 0.260 e. The second kappa shape index (κ2) is 8.30. The molecule has 7 nitrogen and oxygen atoms in total. The average molecular weight is 436 g/mol. The van der Waals surface area contributed by atoms with Gasteiger partial charge < -0.3 is 20.3 Å². The molecule has 0 saturated carbocycles. The van der Waals surface area contributed by atoms with Crippen LogP contribution in [0.25, 0.3) is 0 Å². The van der Waals surface area contributed by atoms with E-state index in [2.05, 4.69) is 10.6 Å². The number of hydrogen-bond donors (Lipinski definition) is 2. The number of nitrogens with one attached hydrogen (secondary N) is 2. The van der Waals surface area contributed by atoms with Gasteiger partial charge >= 0.3 is 0 Å². The van der Waals surface area contributed by atoms with Gasteiger partial charge in [0.05, 0.1) is 11.5 Å². The Kier molecular flexibility index (Phi) is 5.67. The molecule has 2 N–H and O–H groups in total. The van der Waals surface area contributed by atoms with E-state index in [-0.39, 0.29) is 37.4 Å². The molecule has 0 aromatic heterocycles. The first kappa shape index (κ1) is 21.9. The van der Waals surface area contributed by atoms with Crippen molar-refractivity contribution in [1.29, 1.82) is 0 Å². The van der Waals surface area contributed by atoms with Gasteiger partial charge in [0.25, 0.3) is 11.8 Å². The Morgan fingerprint density at radius 1 is 1.12 bits per heavy atom. The quantitative estimate of drug-likeness (QED) is 0.771. The predicted molar refractivity (Wildman–Crippen MR) is 120 cm³/mol. The average Bonchev–Trinajstić information content (AvgIpc) is 3.10. The van der Waals surface area contributed by atoms with E-state index in [1.807, 2.05) is 57.2 Å². The number of nitrogens with zero attached hydrogens (tertiary/aromatic N) is 1. The fourth-order valence-corrected chi connectivity index (χ4v) is 4.52. The summed E-state index contributed by atoms with van der Waals surface area (Å²) in [5, 5.41) is 6.12. The van der Waals surface area contributed by atoms with E-state index < -0.39 is 17.0 Å². The van der Waals surface area contributed by atoms with E-state index in [9.17, 15) is 14.4 Å². The summed E-state index contributed by atoms with van der Waals surface area (Å²) in [6.45, 7) is 6.10. The van der Waals surface area contributed by atoms with Crippen molar-refractivity contribution in [2.75, 3.05) is 19.7 Å². The fourth-order valence-electron chi connectivity index (χ4n) is 4.52. The van der Waals surface area contributed by atoms with Crippen molar-refractivity contribution in [2.24, 2.45) is 5.92 Å². The molecular formula is C25H29N3O4. The summed E-state index contributed by atoms with van der Waals surface area (Å²) in [4.78, 5) is 40.8. The summed E-state index contributed by atoms with van der Waals surface area (Å²) in [5.41, 5.74) is 0.219. The topological polar surface area (TPSA) is 87.7 Å². The Hall–Kier alpha value is -3.35. The zero-order chi connectivity index (χ0) is 22.9. The lowest BCUT2D eigenvalue weighted by molar-refractivity contribution is -0.132. The first-order valence-electron chi connectivity index (χ1n) is 10.8. The lowest BCUT2D eigenvalue weighted by atomic mass is 9.76. The third-order valence-electron chi connectivity index (χ3n) is 5.95. The van der Waals surface area contributed by atoms with E-state index in [0.29, 0.717) is 17.7 Å². The Labute approximate surface area is 188 Å². The van der Waals surface area contributed by atoms with Crippen molar-refractivity contribution in [3.8, 4) is 5.75 Å². The number of carbonyl (C=O) groups is 3. The number of likely N-dealkylation sites (tertiary alicyclic amines) is 1. The largest absolute Gasteiger partial charge is 0.484 e. The van der Waals surface area contributed by atoms with Crippen LogP contribution >= 0.6 is 0 Å². The molecule has 2 aliphatic rings. The summed E-state index contributed by atoms with van der Waals surface area (Å²) in [7, 11) is 0. The molecule has 2 aliphatic heterocycles. The normalized spacial score (nSPS) is 22.3. The summed E-state index contributed by atoms with van der Waals surface area (Å²) >= 11 is 0. The number of hydrogen-bond acceptors (Lipinski definition) is 4. The molecule has 2 atom stereocenters. The van der Waals surface area contributed by atoms with Crippen LogP contribution in [0.2, 0.25) is 0 Å². The number of rotatable bonds is 4. The SMILES string of the molecule is CC(C)(C)NC(=O)[C@@H]1CN(C(=O)COc2ccccc2)C[C@]12Cc1ccccc1C(=O)N2. The second-order valence-corrected chi connectivity index (χ2v) is 9.61. The highest BCUT2D eigenvalue weighted by Crippen LogP contribution is 2.36. The molecule has 3 amide bonds. The molecule has 1 fully saturated rings. The molecule has 168 valence electrons. The van der Waals surface area contributed by atoms with Gasteiger partial charge in [0.1, 0.15) is 5.75 Å². The fraction of sp³-hybridized carbons (Fsp3) is 0.400. The van der Waals surface area contributed by atoms with Gasteiger partial charge in [-0.1, -0.05) is 36.4 Å². The van der Waals surface area contributed by atoms with Gasteiger partial charge in [0.15, 0.2) is 6.61 Å². The van der Waals surface area contributed by atoms with Gasteiger partial charge in [-0.25, -0.2) is 0 Å². The maximum Gasteiger partial charge on any atom is 0.260 e. The van der Waals surface area contributed by atoms with E-state index in [1.165, 1.54) is 0 Å². The Morgan fingerprint density at radius 3 is 2.53 bits per heavy atom. The number of benzene rings is 2. The first-order chi connectivity index (χ1) is 15.2.